The van der Waals surface area contributed by atoms with Gasteiger partial charge in [0.25, 0.3) is 5.91 Å². The lowest BCUT2D eigenvalue weighted by Crippen LogP contribution is -2.17. The second-order valence-electron chi connectivity index (χ2n) is 8.14. The Balaban J connectivity index is 1.49. The molecule has 0 radical (unpaired) electrons. The first-order valence-electron chi connectivity index (χ1n) is 10.8. The summed E-state index contributed by atoms with van der Waals surface area (Å²) in [5.41, 5.74) is 6.09. The van der Waals surface area contributed by atoms with Crippen LogP contribution in [0.3, 0.4) is 0 Å². The zero-order valence-electron chi connectivity index (χ0n) is 19.3. The summed E-state index contributed by atoms with van der Waals surface area (Å²) in [5.74, 6) is -0.762. The average Bonchev–Trinajstić information content (AvgIpc) is 3.30. The Bertz CT molecular complexity index is 1480. The van der Waals surface area contributed by atoms with Crippen molar-refractivity contribution in [3.63, 3.8) is 0 Å². The van der Waals surface area contributed by atoms with Crippen LogP contribution < -0.4 is 10.3 Å². The maximum absolute atomic E-state index is 13.0. The van der Waals surface area contributed by atoms with Crippen LogP contribution in [0.2, 0.25) is 0 Å². The number of amides is 1. The number of hydrazone groups is 1. The number of hydrogen-bond acceptors (Lipinski definition) is 6. The van der Waals surface area contributed by atoms with E-state index in [-0.39, 0.29) is 29.2 Å². The largest absolute Gasteiger partial charge is 0.507 e. The number of rotatable bonds is 6. The van der Waals surface area contributed by atoms with Gasteiger partial charge in [-0.05, 0) is 48.0 Å². The lowest BCUT2D eigenvalue weighted by Gasteiger charge is -2.12. The number of fused-ring (bicyclic) bond motifs is 1. The minimum Gasteiger partial charge on any atom is -0.507 e. The number of aromatic nitrogens is 1. The molecule has 0 aliphatic heterocycles. The first-order valence-corrected chi connectivity index (χ1v) is 10.8. The average molecular weight is 466 g/mol. The zero-order valence-corrected chi connectivity index (χ0v) is 19.3. The third-order valence-corrected chi connectivity index (χ3v) is 5.59. The van der Waals surface area contributed by atoms with Crippen LogP contribution in [0.4, 0.5) is 5.69 Å². The molecule has 8 heteroatoms. The van der Waals surface area contributed by atoms with E-state index in [9.17, 15) is 14.7 Å². The fourth-order valence-electron chi connectivity index (χ4n) is 3.69. The molecule has 1 aromatic heterocycles. The van der Waals surface area contributed by atoms with Gasteiger partial charge in [0.1, 0.15) is 11.8 Å². The van der Waals surface area contributed by atoms with E-state index in [0.717, 1.165) is 27.7 Å². The van der Waals surface area contributed by atoms with Gasteiger partial charge in [0.05, 0.1) is 23.7 Å². The number of carbonyl (C=O) groups excluding carboxylic acids is 2. The van der Waals surface area contributed by atoms with Gasteiger partial charge in [-0.15, -0.1) is 0 Å². The van der Waals surface area contributed by atoms with Crippen molar-refractivity contribution in [2.24, 2.45) is 5.10 Å². The Morgan fingerprint density at radius 3 is 2.60 bits per heavy atom. The second-order valence-corrected chi connectivity index (χ2v) is 8.14. The Labute approximate surface area is 202 Å². The molecule has 0 aliphatic carbocycles. The molecular weight excluding hydrogens is 442 g/mol. The second kappa shape index (κ2) is 9.93. The molecule has 0 unspecified atom stereocenters. The van der Waals surface area contributed by atoms with Crippen LogP contribution in [-0.2, 0) is 6.42 Å². The molecule has 4 aromatic rings. The highest BCUT2D eigenvalue weighted by molar-refractivity contribution is 6.03. The topological polar surface area (TPSA) is 111 Å². The van der Waals surface area contributed by atoms with Crippen molar-refractivity contribution >= 4 is 34.6 Å². The Morgan fingerprint density at radius 1 is 1.11 bits per heavy atom. The number of benzene rings is 3. The van der Waals surface area contributed by atoms with Gasteiger partial charge in [0, 0.05) is 42.5 Å². The van der Waals surface area contributed by atoms with E-state index in [0.29, 0.717) is 0 Å². The third-order valence-electron chi connectivity index (χ3n) is 5.59. The van der Waals surface area contributed by atoms with E-state index >= 15 is 0 Å². The highest BCUT2D eigenvalue weighted by Crippen LogP contribution is 2.21. The summed E-state index contributed by atoms with van der Waals surface area (Å²) in [5, 5.41) is 23.4. The number of anilines is 1. The van der Waals surface area contributed by atoms with Gasteiger partial charge in [-0.2, -0.15) is 10.4 Å². The SMILES string of the molecule is CN(C)c1ccc(CC(=O)n2ccc3c(/C=N/NC(=O)c4ccc(O)c(C#N)c4)cccc32)cc1. The third kappa shape index (κ3) is 5.04. The molecule has 0 fully saturated rings. The molecule has 0 saturated carbocycles. The Kier molecular flexibility index (Phi) is 6.60. The summed E-state index contributed by atoms with van der Waals surface area (Å²) in [6.07, 6.45) is 3.50. The molecule has 0 aliphatic rings. The number of phenols is 1. The fourth-order valence-corrected chi connectivity index (χ4v) is 3.69. The molecule has 0 atom stereocenters. The summed E-state index contributed by atoms with van der Waals surface area (Å²) < 4.78 is 1.62. The lowest BCUT2D eigenvalue weighted by molar-refractivity contribution is 0.0917. The van der Waals surface area contributed by atoms with Gasteiger partial charge in [0.2, 0.25) is 5.91 Å². The first kappa shape index (κ1) is 23.3. The van der Waals surface area contributed by atoms with E-state index in [4.69, 9.17) is 5.26 Å². The molecular formula is C27H23N5O3. The monoisotopic (exact) mass is 465 g/mol. The number of phenolic OH excluding ortho intramolecular Hbond substituents is 1. The molecule has 174 valence electrons. The first-order chi connectivity index (χ1) is 16.9. The number of nitriles is 1. The number of nitrogens with zero attached hydrogens (tertiary/aromatic N) is 4. The van der Waals surface area contributed by atoms with Gasteiger partial charge in [-0.1, -0.05) is 24.3 Å². The van der Waals surface area contributed by atoms with E-state index in [2.05, 4.69) is 10.5 Å². The summed E-state index contributed by atoms with van der Waals surface area (Å²) in [4.78, 5) is 27.3. The molecule has 4 rings (SSSR count). The van der Waals surface area contributed by atoms with Crippen molar-refractivity contribution in [2.45, 2.75) is 6.42 Å². The minimum atomic E-state index is -0.516. The van der Waals surface area contributed by atoms with E-state index in [1.165, 1.54) is 24.4 Å². The van der Waals surface area contributed by atoms with E-state index in [1.807, 2.05) is 73.6 Å². The maximum atomic E-state index is 13.0. The van der Waals surface area contributed by atoms with E-state index < -0.39 is 5.91 Å². The molecule has 0 spiro atoms. The van der Waals surface area contributed by atoms with E-state index in [1.54, 1.807) is 10.8 Å². The normalized spacial score (nSPS) is 10.9. The molecule has 8 nitrogen and oxygen atoms in total. The predicted octanol–water partition coefficient (Wildman–Crippen LogP) is 3.93. The van der Waals surface area contributed by atoms with Crippen LogP contribution in [0, 0.1) is 11.3 Å². The molecule has 1 amide bonds. The Hall–Kier alpha value is -4.90. The maximum Gasteiger partial charge on any atom is 0.271 e. The zero-order chi connectivity index (χ0) is 24.9. The van der Waals surface area contributed by atoms with Crippen molar-refractivity contribution in [1.82, 2.24) is 9.99 Å². The van der Waals surface area contributed by atoms with Crippen LogP contribution in [0.25, 0.3) is 10.9 Å². The van der Waals surface area contributed by atoms with Gasteiger partial charge < -0.3 is 10.0 Å². The van der Waals surface area contributed by atoms with Crippen molar-refractivity contribution in [2.75, 3.05) is 19.0 Å². The number of aromatic hydroxyl groups is 1. The molecule has 0 bridgehead atoms. The van der Waals surface area contributed by atoms with Crippen molar-refractivity contribution in [1.29, 1.82) is 5.26 Å². The van der Waals surface area contributed by atoms with Crippen molar-refractivity contribution in [3.8, 4) is 11.8 Å². The van der Waals surface area contributed by atoms with Gasteiger partial charge in [-0.3, -0.25) is 14.2 Å². The summed E-state index contributed by atoms with van der Waals surface area (Å²) in [6, 6.07) is 21.0. The van der Waals surface area contributed by atoms with Crippen LogP contribution in [0.1, 0.15) is 31.8 Å². The van der Waals surface area contributed by atoms with Crippen molar-refractivity contribution in [3.05, 3.63) is 95.2 Å². The number of nitrogens with one attached hydrogen (secondary N) is 1. The van der Waals surface area contributed by atoms with Crippen molar-refractivity contribution < 1.29 is 14.7 Å². The Morgan fingerprint density at radius 2 is 1.89 bits per heavy atom. The summed E-state index contributed by atoms with van der Waals surface area (Å²) in [6.45, 7) is 0. The highest BCUT2D eigenvalue weighted by atomic mass is 16.3. The quantitative estimate of drug-likeness (QED) is 0.331. The van der Waals surface area contributed by atoms with Crippen LogP contribution >= 0.6 is 0 Å². The lowest BCUT2D eigenvalue weighted by atomic mass is 10.1. The van der Waals surface area contributed by atoms with Gasteiger partial charge in [-0.25, -0.2) is 5.43 Å². The standard InChI is InChI=1S/C27H23N5O3/c1-31(2)22-9-6-18(7-10-22)14-26(34)32-13-12-23-20(4-3-5-24(23)32)17-29-30-27(35)19-8-11-25(33)21(15-19)16-28/h3-13,15,17,33H,14H2,1-2H3,(H,30,35)/b29-17+. The van der Waals surface area contributed by atoms with Crippen LogP contribution in [0.15, 0.2) is 78.0 Å². The van der Waals surface area contributed by atoms with Gasteiger partial charge >= 0.3 is 0 Å². The molecule has 2 N–H and O–H groups in total. The summed E-state index contributed by atoms with van der Waals surface area (Å²) >= 11 is 0. The molecule has 3 aromatic carbocycles. The molecule has 1 heterocycles. The number of carbonyl (C=O) groups is 2. The fraction of sp³-hybridized carbons (Fsp3) is 0.111. The predicted molar refractivity (Wildman–Crippen MR) is 135 cm³/mol. The number of hydrogen-bond donors (Lipinski definition) is 2. The van der Waals surface area contributed by atoms with Crippen LogP contribution in [-0.4, -0.2) is 41.8 Å². The minimum absolute atomic E-state index is 0.00560. The summed E-state index contributed by atoms with van der Waals surface area (Å²) in [7, 11) is 3.94. The highest BCUT2D eigenvalue weighted by Gasteiger charge is 2.12. The molecule has 35 heavy (non-hydrogen) atoms. The van der Waals surface area contributed by atoms with Crippen LogP contribution in [0.5, 0.6) is 5.75 Å². The smallest absolute Gasteiger partial charge is 0.271 e. The molecule has 0 saturated heterocycles. The van der Waals surface area contributed by atoms with Gasteiger partial charge in [0.15, 0.2) is 0 Å².